The van der Waals surface area contributed by atoms with E-state index in [4.69, 9.17) is 5.11 Å². The Morgan fingerprint density at radius 2 is 1.81 bits per heavy atom. The summed E-state index contributed by atoms with van der Waals surface area (Å²) in [7, 11) is -3.63. The van der Waals surface area contributed by atoms with E-state index in [0.29, 0.717) is 10.0 Å². The molecule has 0 spiro atoms. The third-order valence-corrected chi connectivity index (χ3v) is 4.61. The lowest BCUT2D eigenvalue weighted by Gasteiger charge is -2.10. The molecular formula is C14H12BrNO4S. The quantitative estimate of drug-likeness (QED) is 0.847. The molecular weight excluding hydrogens is 358 g/mol. The number of nitrogens with one attached hydrogen (secondary N) is 1. The molecule has 0 aliphatic heterocycles. The molecule has 5 nitrogen and oxygen atoms in total. The van der Waals surface area contributed by atoms with Crippen LogP contribution in [0.25, 0.3) is 0 Å². The Bertz CT molecular complexity index is 760. The van der Waals surface area contributed by atoms with Gasteiger partial charge in [-0.2, -0.15) is 0 Å². The fraction of sp³-hybridized carbons (Fsp3) is 0.0714. The van der Waals surface area contributed by atoms with Crippen LogP contribution in [-0.4, -0.2) is 19.5 Å². The molecule has 2 N–H and O–H groups in total. The molecule has 21 heavy (non-hydrogen) atoms. The molecule has 0 radical (unpaired) electrons. The summed E-state index contributed by atoms with van der Waals surface area (Å²) in [6, 6.07) is 12.9. The molecule has 2 rings (SSSR count). The lowest BCUT2D eigenvalue weighted by molar-refractivity contribution is 0.0697. The minimum Gasteiger partial charge on any atom is -0.478 e. The zero-order valence-corrected chi connectivity index (χ0v) is 13.2. The third-order valence-electron chi connectivity index (χ3n) is 2.68. The van der Waals surface area contributed by atoms with E-state index < -0.39 is 16.0 Å². The molecule has 2 aromatic rings. The van der Waals surface area contributed by atoms with Gasteiger partial charge in [0.2, 0.25) is 10.0 Å². The van der Waals surface area contributed by atoms with Gasteiger partial charge in [0.05, 0.1) is 17.0 Å². The highest BCUT2D eigenvalue weighted by atomic mass is 79.9. The molecule has 2 aromatic carbocycles. The van der Waals surface area contributed by atoms with Crippen molar-refractivity contribution in [1.82, 2.24) is 0 Å². The summed E-state index contributed by atoms with van der Waals surface area (Å²) in [5.41, 5.74) is 0.858. The van der Waals surface area contributed by atoms with Crippen LogP contribution in [0.4, 0.5) is 5.69 Å². The van der Waals surface area contributed by atoms with Gasteiger partial charge in [-0.25, -0.2) is 13.2 Å². The van der Waals surface area contributed by atoms with Crippen molar-refractivity contribution in [3.8, 4) is 0 Å². The minimum absolute atomic E-state index is 0.00983. The van der Waals surface area contributed by atoms with Crippen molar-refractivity contribution in [2.45, 2.75) is 5.75 Å². The lowest BCUT2D eigenvalue weighted by atomic mass is 10.2. The second kappa shape index (κ2) is 6.28. The molecule has 0 aromatic heterocycles. The van der Waals surface area contributed by atoms with Crippen molar-refractivity contribution in [1.29, 1.82) is 0 Å². The first-order valence-corrected chi connectivity index (χ1v) is 8.39. The fourth-order valence-corrected chi connectivity index (χ4v) is 3.42. The number of benzene rings is 2. The van der Waals surface area contributed by atoms with E-state index in [1.807, 2.05) is 0 Å². The topological polar surface area (TPSA) is 83.5 Å². The number of sulfonamides is 1. The molecule has 0 saturated carbocycles. The summed E-state index contributed by atoms with van der Waals surface area (Å²) >= 11 is 3.20. The second-order valence-corrected chi connectivity index (χ2v) is 6.92. The third kappa shape index (κ3) is 4.30. The molecule has 110 valence electrons. The van der Waals surface area contributed by atoms with E-state index in [-0.39, 0.29) is 17.0 Å². The summed E-state index contributed by atoms with van der Waals surface area (Å²) in [4.78, 5) is 10.9. The van der Waals surface area contributed by atoms with Gasteiger partial charge < -0.3 is 5.11 Å². The summed E-state index contributed by atoms with van der Waals surface area (Å²) in [6.07, 6.45) is 0. The molecule has 0 heterocycles. The highest BCUT2D eigenvalue weighted by Gasteiger charge is 2.15. The minimum atomic E-state index is -3.63. The number of carboxylic acids is 1. The normalized spacial score (nSPS) is 11.1. The van der Waals surface area contributed by atoms with Crippen LogP contribution in [0, 0.1) is 0 Å². The zero-order valence-electron chi connectivity index (χ0n) is 10.8. The molecule has 0 aliphatic rings. The van der Waals surface area contributed by atoms with Gasteiger partial charge in [-0.15, -0.1) is 0 Å². The van der Waals surface area contributed by atoms with Crippen LogP contribution in [0.2, 0.25) is 0 Å². The maximum Gasteiger partial charge on any atom is 0.335 e. The Labute approximate surface area is 130 Å². The average Bonchev–Trinajstić information content (AvgIpc) is 2.41. The van der Waals surface area contributed by atoms with Gasteiger partial charge in [-0.05, 0) is 39.7 Å². The second-order valence-electron chi connectivity index (χ2n) is 4.35. The first-order valence-electron chi connectivity index (χ1n) is 5.95. The van der Waals surface area contributed by atoms with E-state index >= 15 is 0 Å². The van der Waals surface area contributed by atoms with Crippen LogP contribution in [0.15, 0.2) is 53.0 Å². The van der Waals surface area contributed by atoms with E-state index in [1.165, 1.54) is 18.2 Å². The fourth-order valence-electron chi connectivity index (χ4n) is 1.73. The van der Waals surface area contributed by atoms with Crippen molar-refractivity contribution >= 4 is 37.6 Å². The highest BCUT2D eigenvalue weighted by molar-refractivity contribution is 9.10. The number of aromatic carboxylic acids is 1. The van der Waals surface area contributed by atoms with Crippen LogP contribution in [0.1, 0.15) is 15.9 Å². The SMILES string of the molecule is O=C(O)c1ccc(Br)c(NS(=O)(=O)Cc2ccccc2)c1. The van der Waals surface area contributed by atoms with Gasteiger partial charge in [-0.1, -0.05) is 30.3 Å². The number of carboxylic acid groups (broad SMARTS) is 1. The van der Waals surface area contributed by atoms with Crippen molar-refractivity contribution in [3.63, 3.8) is 0 Å². The molecule has 0 amide bonds. The number of carbonyl (C=O) groups is 1. The molecule has 0 bridgehead atoms. The standard InChI is InChI=1S/C14H12BrNO4S/c15-12-7-6-11(14(17)18)8-13(12)16-21(19,20)9-10-4-2-1-3-5-10/h1-8,16H,9H2,(H,17,18). The van der Waals surface area contributed by atoms with Crippen LogP contribution in [-0.2, 0) is 15.8 Å². The first kappa shape index (κ1) is 15.5. The summed E-state index contributed by atoms with van der Waals surface area (Å²) in [5.74, 6) is -1.30. The zero-order chi connectivity index (χ0) is 15.5. The van der Waals surface area contributed by atoms with Gasteiger partial charge in [-0.3, -0.25) is 4.72 Å². The van der Waals surface area contributed by atoms with E-state index in [9.17, 15) is 13.2 Å². The van der Waals surface area contributed by atoms with Crippen LogP contribution < -0.4 is 4.72 Å². The molecule has 0 saturated heterocycles. The lowest BCUT2D eigenvalue weighted by Crippen LogP contribution is -2.15. The summed E-state index contributed by atoms with van der Waals surface area (Å²) in [6.45, 7) is 0. The smallest absolute Gasteiger partial charge is 0.335 e. The molecule has 0 unspecified atom stereocenters. The number of hydrogen-bond donors (Lipinski definition) is 2. The number of halogens is 1. The van der Waals surface area contributed by atoms with Crippen LogP contribution in [0.5, 0.6) is 0 Å². The van der Waals surface area contributed by atoms with Crippen LogP contribution >= 0.6 is 15.9 Å². The van der Waals surface area contributed by atoms with Gasteiger partial charge in [0, 0.05) is 4.47 Å². The Morgan fingerprint density at radius 3 is 2.43 bits per heavy atom. The van der Waals surface area contributed by atoms with Crippen molar-refractivity contribution in [2.24, 2.45) is 0 Å². The van der Waals surface area contributed by atoms with Gasteiger partial charge >= 0.3 is 5.97 Å². The highest BCUT2D eigenvalue weighted by Crippen LogP contribution is 2.25. The maximum atomic E-state index is 12.1. The van der Waals surface area contributed by atoms with Gasteiger partial charge in [0.1, 0.15) is 0 Å². The monoisotopic (exact) mass is 369 g/mol. The van der Waals surface area contributed by atoms with E-state index in [2.05, 4.69) is 20.7 Å². The van der Waals surface area contributed by atoms with Crippen molar-refractivity contribution < 1.29 is 18.3 Å². The number of rotatable bonds is 5. The van der Waals surface area contributed by atoms with Gasteiger partial charge in [0.25, 0.3) is 0 Å². The Balaban J connectivity index is 2.24. The van der Waals surface area contributed by atoms with Crippen molar-refractivity contribution in [3.05, 3.63) is 64.1 Å². The summed E-state index contributed by atoms with van der Waals surface area (Å²) in [5, 5.41) is 8.94. The van der Waals surface area contributed by atoms with E-state index in [0.717, 1.165) is 0 Å². The molecule has 0 atom stereocenters. The molecule has 7 heteroatoms. The average molecular weight is 370 g/mol. The first-order chi connectivity index (χ1) is 9.87. The van der Waals surface area contributed by atoms with Crippen LogP contribution in [0.3, 0.4) is 0 Å². The predicted octanol–water partition coefficient (Wildman–Crippen LogP) is 3.09. The Hall–Kier alpha value is -1.86. The van der Waals surface area contributed by atoms with Gasteiger partial charge in [0.15, 0.2) is 0 Å². The van der Waals surface area contributed by atoms with Crippen molar-refractivity contribution in [2.75, 3.05) is 4.72 Å². The number of anilines is 1. The predicted molar refractivity (Wildman–Crippen MR) is 83.8 cm³/mol. The number of hydrogen-bond acceptors (Lipinski definition) is 3. The molecule has 0 fully saturated rings. The Kier molecular flexibility index (Phi) is 4.64. The summed E-state index contributed by atoms with van der Waals surface area (Å²) < 4.78 is 27.1. The Morgan fingerprint density at radius 1 is 1.14 bits per heavy atom. The maximum absolute atomic E-state index is 12.1. The molecule has 0 aliphatic carbocycles. The largest absolute Gasteiger partial charge is 0.478 e. The van der Waals surface area contributed by atoms with E-state index in [1.54, 1.807) is 30.3 Å².